The quantitative estimate of drug-likeness (QED) is 0.749. The minimum absolute atomic E-state index is 0.0750. The molecule has 0 aliphatic carbocycles. The SMILES string of the molecule is O=C(c1cccc(N2CCOCC2)c1)N1CCc2[nH]nc(-c3ccccc3)c2C1. The molecule has 3 aromatic rings. The van der Waals surface area contributed by atoms with Gasteiger partial charge in [0.1, 0.15) is 0 Å². The first-order chi connectivity index (χ1) is 14.3. The molecule has 6 heteroatoms. The maximum Gasteiger partial charge on any atom is 0.254 e. The van der Waals surface area contributed by atoms with Gasteiger partial charge in [0, 0.05) is 60.7 Å². The van der Waals surface area contributed by atoms with Crippen LogP contribution >= 0.6 is 0 Å². The van der Waals surface area contributed by atoms with Crippen molar-refractivity contribution in [3.63, 3.8) is 0 Å². The van der Waals surface area contributed by atoms with Gasteiger partial charge in [-0.2, -0.15) is 5.10 Å². The van der Waals surface area contributed by atoms with Crippen molar-refractivity contribution in [3.05, 3.63) is 71.4 Å². The standard InChI is InChI=1S/C23H24N4O2/c28-23(18-7-4-8-19(15-18)26-11-13-29-14-12-26)27-10-9-21-20(16-27)22(25-24-21)17-5-2-1-3-6-17/h1-8,15H,9-14,16H2,(H,24,25). The molecular weight excluding hydrogens is 364 g/mol. The molecule has 0 saturated carbocycles. The van der Waals surface area contributed by atoms with E-state index >= 15 is 0 Å². The van der Waals surface area contributed by atoms with E-state index in [2.05, 4.69) is 33.3 Å². The van der Waals surface area contributed by atoms with Crippen LogP contribution in [-0.4, -0.2) is 53.9 Å². The molecule has 1 saturated heterocycles. The molecule has 0 radical (unpaired) electrons. The topological polar surface area (TPSA) is 61.5 Å². The number of H-pyrrole nitrogens is 1. The lowest BCUT2D eigenvalue weighted by Gasteiger charge is -2.30. The summed E-state index contributed by atoms with van der Waals surface area (Å²) in [6, 6.07) is 18.1. The van der Waals surface area contributed by atoms with Gasteiger partial charge in [-0.15, -0.1) is 0 Å². The molecule has 1 fully saturated rings. The van der Waals surface area contributed by atoms with Crippen LogP contribution in [0.3, 0.4) is 0 Å². The molecule has 0 bridgehead atoms. The fourth-order valence-corrected chi connectivity index (χ4v) is 4.14. The number of rotatable bonds is 3. The van der Waals surface area contributed by atoms with E-state index in [0.29, 0.717) is 13.1 Å². The fraction of sp³-hybridized carbons (Fsp3) is 0.304. The molecule has 5 rings (SSSR count). The first kappa shape index (κ1) is 17.9. The van der Waals surface area contributed by atoms with Crippen LogP contribution in [0.5, 0.6) is 0 Å². The highest BCUT2D eigenvalue weighted by molar-refractivity contribution is 5.95. The summed E-state index contributed by atoms with van der Waals surface area (Å²) < 4.78 is 5.44. The number of anilines is 1. The summed E-state index contributed by atoms with van der Waals surface area (Å²) in [6.45, 7) is 4.46. The maximum absolute atomic E-state index is 13.3. The Morgan fingerprint density at radius 1 is 1.00 bits per heavy atom. The highest BCUT2D eigenvalue weighted by Gasteiger charge is 2.26. The molecule has 0 spiro atoms. The van der Waals surface area contributed by atoms with Gasteiger partial charge in [0.15, 0.2) is 0 Å². The van der Waals surface area contributed by atoms with Gasteiger partial charge in [-0.25, -0.2) is 0 Å². The van der Waals surface area contributed by atoms with Gasteiger partial charge in [-0.05, 0) is 18.2 Å². The second-order valence-corrected chi connectivity index (χ2v) is 7.52. The third-order valence-corrected chi connectivity index (χ3v) is 5.74. The minimum Gasteiger partial charge on any atom is -0.378 e. The van der Waals surface area contributed by atoms with Crippen molar-refractivity contribution in [2.75, 3.05) is 37.7 Å². The molecule has 0 unspecified atom stereocenters. The molecule has 2 aliphatic rings. The summed E-state index contributed by atoms with van der Waals surface area (Å²) in [7, 11) is 0. The van der Waals surface area contributed by atoms with Crippen LogP contribution < -0.4 is 4.90 Å². The van der Waals surface area contributed by atoms with E-state index < -0.39 is 0 Å². The molecule has 1 amide bonds. The number of nitrogens with zero attached hydrogens (tertiary/aromatic N) is 3. The van der Waals surface area contributed by atoms with Crippen molar-refractivity contribution >= 4 is 11.6 Å². The monoisotopic (exact) mass is 388 g/mol. The lowest BCUT2D eigenvalue weighted by atomic mass is 10.0. The molecule has 3 heterocycles. The first-order valence-corrected chi connectivity index (χ1v) is 10.1. The maximum atomic E-state index is 13.3. The Labute approximate surface area is 170 Å². The van der Waals surface area contributed by atoms with Gasteiger partial charge in [0.25, 0.3) is 5.91 Å². The highest BCUT2D eigenvalue weighted by atomic mass is 16.5. The van der Waals surface area contributed by atoms with Crippen molar-refractivity contribution in [1.29, 1.82) is 0 Å². The van der Waals surface area contributed by atoms with Crippen molar-refractivity contribution in [3.8, 4) is 11.3 Å². The largest absolute Gasteiger partial charge is 0.378 e. The predicted molar refractivity (Wildman–Crippen MR) is 112 cm³/mol. The molecule has 1 aromatic heterocycles. The Morgan fingerprint density at radius 2 is 1.83 bits per heavy atom. The van der Waals surface area contributed by atoms with Crippen molar-refractivity contribution in [2.45, 2.75) is 13.0 Å². The summed E-state index contributed by atoms with van der Waals surface area (Å²) in [4.78, 5) is 17.5. The first-order valence-electron chi connectivity index (χ1n) is 10.1. The van der Waals surface area contributed by atoms with Crippen LogP contribution in [-0.2, 0) is 17.7 Å². The van der Waals surface area contributed by atoms with Gasteiger partial charge >= 0.3 is 0 Å². The van der Waals surface area contributed by atoms with E-state index in [0.717, 1.165) is 66.5 Å². The number of hydrogen-bond donors (Lipinski definition) is 1. The smallest absolute Gasteiger partial charge is 0.254 e. The number of ether oxygens (including phenoxy) is 1. The van der Waals surface area contributed by atoms with Gasteiger partial charge in [-0.1, -0.05) is 36.4 Å². The van der Waals surface area contributed by atoms with Crippen LogP contribution in [0.2, 0.25) is 0 Å². The molecule has 148 valence electrons. The predicted octanol–water partition coefficient (Wildman–Crippen LogP) is 3.11. The second kappa shape index (κ2) is 7.72. The number of carbonyl (C=O) groups is 1. The normalized spacial score (nSPS) is 16.6. The summed E-state index contributed by atoms with van der Waals surface area (Å²) >= 11 is 0. The average Bonchev–Trinajstić information content (AvgIpc) is 3.23. The number of amides is 1. The molecule has 0 atom stereocenters. The zero-order chi connectivity index (χ0) is 19.6. The van der Waals surface area contributed by atoms with E-state index in [1.807, 2.05) is 41.3 Å². The number of aromatic nitrogens is 2. The number of fused-ring (bicyclic) bond motifs is 1. The lowest BCUT2D eigenvalue weighted by molar-refractivity contribution is 0.0734. The average molecular weight is 388 g/mol. The molecule has 1 N–H and O–H groups in total. The van der Waals surface area contributed by atoms with Crippen LogP contribution in [0.4, 0.5) is 5.69 Å². The number of benzene rings is 2. The zero-order valence-corrected chi connectivity index (χ0v) is 16.3. The Hall–Kier alpha value is -3.12. The molecule has 2 aromatic carbocycles. The van der Waals surface area contributed by atoms with Crippen LogP contribution in [0, 0.1) is 0 Å². The second-order valence-electron chi connectivity index (χ2n) is 7.52. The Kier molecular flexibility index (Phi) is 4.77. The summed E-state index contributed by atoms with van der Waals surface area (Å²) in [5, 5.41) is 7.70. The Bertz CT molecular complexity index is 1010. The van der Waals surface area contributed by atoms with Crippen LogP contribution in [0.15, 0.2) is 54.6 Å². The third-order valence-electron chi connectivity index (χ3n) is 5.74. The van der Waals surface area contributed by atoms with Crippen LogP contribution in [0.1, 0.15) is 21.6 Å². The van der Waals surface area contributed by atoms with E-state index in [4.69, 9.17) is 4.74 Å². The number of aromatic amines is 1. The Morgan fingerprint density at radius 3 is 2.66 bits per heavy atom. The van der Waals surface area contributed by atoms with Crippen molar-refractivity contribution in [2.24, 2.45) is 0 Å². The lowest BCUT2D eigenvalue weighted by Crippen LogP contribution is -2.37. The molecule has 2 aliphatic heterocycles. The molecule has 6 nitrogen and oxygen atoms in total. The van der Waals surface area contributed by atoms with E-state index in [1.54, 1.807) is 0 Å². The van der Waals surface area contributed by atoms with Crippen molar-refractivity contribution < 1.29 is 9.53 Å². The van der Waals surface area contributed by atoms with Crippen molar-refractivity contribution in [1.82, 2.24) is 15.1 Å². The van der Waals surface area contributed by atoms with Gasteiger partial charge in [0.2, 0.25) is 0 Å². The van der Waals surface area contributed by atoms with Gasteiger partial charge < -0.3 is 14.5 Å². The summed E-state index contributed by atoms with van der Waals surface area (Å²) in [5.74, 6) is 0.0750. The highest BCUT2D eigenvalue weighted by Crippen LogP contribution is 2.29. The summed E-state index contributed by atoms with van der Waals surface area (Å²) in [5.41, 5.74) is 6.11. The minimum atomic E-state index is 0.0750. The Balaban J connectivity index is 1.38. The number of nitrogens with one attached hydrogen (secondary N) is 1. The number of hydrogen-bond acceptors (Lipinski definition) is 4. The molecular formula is C23H24N4O2. The fourth-order valence-electron chi connectivity index (χ4n) is 4.14. The molecule has 29 heavy (non-hydrogen) atoms. The van der Waals surface area contributed by atoms with E-state index in [9.17, 15) is 4.79 Å². The van der Waals surface area contributed by atoms with E-state index in [-0.39, 0.29) is 5.91 Å². The number of carbonyl (C=O) groups excluding carboxylic acids is 1. The summed E-state index contributed by atoms with van der Waals surface area (Å²) in [6.07, 6.45) is 0.796. The zero-order valence-electron chi connectivity index (χ0n) is 16.3. The van der Waals surface area contributed by atoms with Gasteiger partial charge in [-0.3, -0.25) is 9.89 Å². The van der Waals surface area contributed by atoms with Gasteiger partial charge in [0.05, 0.1) is 18.9 Å². The third kappa shape index (κ3) is 3.51. The number of morpholine rings is 1. The van der Waals surface area contributed by atoms with E-state index in [1.165, 1.54) is 0 Å². The van der Waals surface area contributed by atoms with Crippen LogP contribution in [0.25, 0.3) is 11.3 Å².